The minimum Gasteiger partial charge on any atom is -0.497 e. The van der Waals surface area contributed by atoms with Crippen molar-refractivity contribution >= 4 is 45.0 Å². The number of hydrogen-bond acceptors (Lipinski definition) is 6. The molecule has 1 aromatic heterocycles. The maximum atomic E-state index is 13.5. The fourth-order valence-electron chi connectivity index (χ4n) is 2.96. The number of amides is 1. The van der Waals surface area contributed by atoms with Crippen molar-refractivity contribution in [1.82, 2.24) is 9.88 Å². The van der Waals surface area contributed by atoms with E-state index in [0.29, 0.717) is 28.7 Å². The smallest absolute Gasteiger partial charge is 0.260 e. The van der Waals surface area contributed by atoms with E-state index in [1.807, 2.05) is 20.2 Å². The number of anilines is 1. The summed E-state index contributed by atoms with van der Waals surface area (Å²) in [6.07, 6.45) is 0.968. The van der Waals surface area contributed by atoms with Gasteiger partial charge in [-0.05, 0) is 50.3 Å². The number of ether oxygens (including phenoxy) is 2. The monoisotopic (exact) mass is 449 g/mol. The van der Waals surface area contributed by atoms with Crippen molar-refractivity contribution in [3.63, 3.8) is 0 Å². The Bertz CT molecular complexity index is 984. The van der Waals surface area contributed by atoms with Crippen LogP contribution in [0.25, 0.3) is 10.2 Å². The van der Waals surface area contributed by atoms with E-state index >= 15 is 0 Å². The molecule has 0 aliphatic carbocycles. The summed E-state index contributed by atoms with van der Waals surface area (Å²) < 4.78 is 11.8. The normalized spacial score (nSPS) is 10.7. The molecular weight excluding hydrogens is 422 g/mol. The van der Waals surface area contributed by atoms with Crippen LogP contribution < -0.4 is 14.4 Å². The number of carbonyl (C=O) groups excluding carboxylic acids is 1. The minimum absolute atomic E-state index is 0. The second-order valence-electron chi connectivity index (χ2n) is 7.01. The van der Waals surface area contributed by atoms with Crippen molar-refractivity contribution in [2.24, 2.45) is 0 Å². The molecule has 0 unspecified atom stereocenters. The summed E-state index contributed by atoms with van der Waals surface area (Å²) in [7, 11) is 7.13. The largest absolute Gasteiger partial charge is 0.497 e. The Kier molecular flexibility index (Phi) is 8.46. The first-order valence-electron chi connectivity index (χ1n) is 9.54. The molecule has 1 heterocycles. The Hall–Kier alpha value is -2.35. The summed E-state index contributed by atoms with van der Waals surface area (Å²) in [5.74, 6) is 1.04. The molecule has 0 N–H and O–H groups in total. The standard InChI is InChI=1S/C22H27N3O3S.ClH/c1-6-15-7-8-19-20(11-15)29-22(23-19)25(10-9-24(2)3)21(26)16-12-17(27-4)14-18(13-16)28-5;/h7-8,11-14H,6,9-10H2,1-5H3;1H. The van der Waals surface area contributed by atoms with Crippen LogP contribution in [-0.4, -0.2) is 57.2 Å². The van der Waals surface area contributed by atoms with Gasteiger partial charge in [-0.25, -0.2) is 4.98 Å². The lowest BCUT2D eigenvalue weighted by molar-refractivity contribution is 0.0984. The zero-order valence-electron chi connectivity index (χ0n) is 18.0. The highest BCUT2D eigenvalue weighted by Gasteiger charge is 2.23. The van der Waals surface area contributed by atoms with Crippen LogP contribution in [0.1, 0.15) is 22.8 Å². The molecule has 0 saturated heterocycles. The Morgan fingerprint density at radius 3 is 2.27 bits per heavy atom. The van der Waals surface area contributed by atoms with Gasteiger partial charge < -0.3 is 14.4 Å². The van der Waals surface area contributed by atoms with E-state index in [1.165, 1.54) is 5.56 Å². The van der Waals surface area contributed by atoms with Gasteiger partial charge in [-0.2, -0.15) is 0 Å². The topological polar surface area (TPSA) is 54.9 Å². The molecule has 30 heavy (non-hydrogen) atoms. The Morgan fingerprint density at radius 2 is 1.70 bits per heavy atom. The molecule has 6 nitrogen and oxygen atoms in total. The van der Waals surface area contributed by atoms with E-state index in [4.69, 9.17) is 14.5 Å². The number of carbonyl (C=O) groups is 1. The zero-order chi connectivity index (χ0) is 21.0. The lowest BCUT2D eigenvalue weighted by Crippen LogP contribution is -2.36. The molecule has 0 fully saturated rings. The fraction of sp³-hybridized carbons (Fsp3) is 0.364. The number of likely N-dealkylation sites (N-methyl/N-ethyl adjacent to an activating group) is 1. The van der Waals surface area contributed by atoms with E-state index in [0.717, 1.165) is 23.2 Å². The van der Waals surface area contributed by atoms with Crippen LogP contribution in [0.5, 0.6) is 11.5 Å². The molecule has 3 aromatic rings. The van der Waals surface area contributed by atoms with Crippen LogP contribution in [0.2, 0.25) is 0 Å². The number of benzene rings is 2. The molecule has 162 valence electrons. The Labute approximate surface area is 187 Å². The number of methoxy groups -OCH3 is 2. The summed E-state index contributed by atoms with van der Waals surface area (Å²) in [4.78, 5) is 22.0. The first-order valence-corrected chi connectivity index (χ1v) is 10.4. The van der Waals surface area contributed by atoms with Crippen molar-refractivity contribution in [3.8, 4) is 11.5 Å². The summed E-state index contributed by atoms with van der Waals surface area (Å²) >= 11 is 1.54. The predicted octanol–water partition coefficient (Wildman–Crippen LogP) is 4.51. The lowest BCUT2D eigenvalue weighted by Gasteiger charge is -2.22. The van der Waals surface area contributed by atoms with E-state index in [2.05, 4.69) is 24.0 Å². The maximum Gasteiger partial charge on any atom is 0.260 e. The number of hydrogen-bond donors (Lipinski definition) is 0. The van der Waals surface area contributed by atoms with Gasteiger partial charge in [0.1, 0.15) is 11.5 Å². The van der Waals surface area contributed by atoms with E-state index in [-0.39, 0.29) is 18.3 Å². The number of rotatable bonds is 8. The highest BCUT2D eigenvalue weighted by molar-refractivity contribution is 7.22. The predicted molar refractivity (Wildman–Crippen MR) is 126 cm³/mol. The summed E-state index contributed by atoms with van der Waals surface area (Å²) in [5, 5.41) is 0.696. The second kappa shape index (κ2) is 10.6. The van der Waals surface area contributed by atoms with Crippen LogP contribution >= 0.6 is 23.7 Å². The van der Waals surface area contributed by atoms with Crippen molar-refractivity contribution in [1.29, 1.82) is 0 Å². The van der Waals surface area contributed by atoms with E-state index in [9.17, 15) is 4.79 Å². The van der Waals surface area contributed by atoms with E-state index in [1.54, 1.807) is 48.7 Å². The molecule has 1 amide bonds. The third-order valence-electron chi connectivity index (χ3n) is 4.70. The summed E-state index contributed by atoms with van der Waals surface area (Å²) in [6.45, 7) is 3.39. The van der Waals surface area contributed by atoms with Crippen molar-refractivity contribution in [2.75, 3.05) is 46.3 Å². The molecule has 0 aliphatic heterocycles. The molecular formula is C22H28ClN3O3S. The molecule has 0 radical (unpaired) electrons. The third kappa shape index (κ3) is 5.41. The van der Waals surface area contributed by atoms with Gasteiger partial charge in [-0.1, -0.05) is 24.3 Å². The van der Waals surface area contributed by atoms with Gasteiger partial charge in [0.15, 0.2) is 5.13 Å². The highest BCUT2D eigenvalue weighted by atomic mass is 35.5. The summed E-state index contributed by atoms with van der Waals surface area (Å²) in [6, 6.07) is 11.5. The Morgan fingerprint density at radius 1 is 1.03 bits per heavy atom. The SMILES string of the molecule is CCc1ccc2nc(N(CCN(C)C)C(=O)c3cc(OC)cc(OC)c3)sc2c1.Cl. The zero-order valence-corrected chi connectivity index (χ0v) is 19.6. The molecule has 8 heteroatoms. The number of halogens is 1. The molecule has 0 atom stereocenters. The van der Waals surface area contributed by atoms with Crippen LogP contribution in [0, 0.1) is 0 Å². The number of fused-ring (bicyclic) bond motifs is 1. The number of thiazole rings is 1. The van der Waals surface area contributed by atoms with Gasteiger partial charge >= 0.3 is 0 Å². The first-order chi connectivity index (χ1) is 13.9. The van der Waals surface area contributed by atoms with Crippen LogP contribution in [0.3, 0.4) is 0 Å². The van der Waals surface area contributed by atoms with Gasteiger partial charge in [-0.3, -0.25) is 9.69 Å². The molecule has 0 bridgehead atoms. The number of aryl methyl sites for hydroxylation is 1. The highest BCUT2D eigenvalue weighted by Crippen LogP contribution is 2.31. The Balaban J connectivity index is 0.00000320. The van der Waals surface area contributed by atoms with Gasteiger partial charge in [-0.15, -0.1) is 12.4 Å². The van der Waals surface area contributed by atoms with Crippen LogP contribution in [0.15, 0.2) is 36.4 Å². The molecule has 2 aromatic carbocycles. The van der Waals surface area contributed by atoms with Gasteiger partial charge in [0.25, 0.3) is 5.91 Å². The quantitative estimate of drug-likeness (QED) is 0.506. The average molecular weight is 450 g/mol. The number of aromatic nitrogens is 1. The van der Waals surface area contributed by atoms with Crippen molar-refractivity contribution in [2.45, 2.75) is 13.3 Å². The van der Waals surface area contributed by atoms with Gasteiger partial charge in [0, 0.05) is 24.7 Å². The van der Waals surface area contributed by atoms with Gasteiger partial charge in [0.05, 0.1) is 24.4 Å². The fourth-order valence-corrected chi connectivity index (χ4v) is 4.02. The second-order valence-corrected chi connectivity index (χ2v) is 8.02. The average Bonchev–Trinajstić information content (AvgIpc) is 3.15. The minimum atomic E-state index is -0.126. The maximum absolute atomic E-state index is 13.5. The third-order valence-corrected chi connectivity index (χ3v) is 5.74. The van der Waals surface area contributed by atoms with Crippen LogP contribution in [-0.2, 0) is 6.42 Å². The van der Waals surface area contributed by atoms with Crippen LogP contribution in [0.4, 0.5) is 5.13 Å². The van der Waals surface area contributed by atoms with Crippen molar-refractivity contribution in [3.05, 3.63) is 47.5 Å². The molecule has 0 aliphatic rings. The lowest BCUT2D eigenvalue weighted by atomic mass is 10.1. The van der Waals surface area contributed by atoms with Gasteiger partial charge in [0.2, 0.25) is 0 Å². The molecule has 0 spiro atoms. The molecule has 0 saturated carbocycles. The summed E-state index contributed by atoms with van der Waals surface area (Å²) in [5.41, 5.74) is 2.68. The number of nitrogens with zero attached hydrogens (tertiary/aromatic N) is 3. The van der Waals surface area contributed by atoms with E-state index < -0.39 is 0 Å². The molecule has 3 rings (SSSR count). The van der Waals surface area contributed by atoms with Crippen molar-refractivity contribution < 1.29 is 14.3 Å². The first kappa shape index (κ1) is 23.9.